The van der Waals surface area contributed by atoms with Crippen molar-refractivity contribution in [2.45, 2.75) is 18.2 Å². The van der Waals surface area contributed by atoms with Crippen LogP contribution in [-0.2, 0) is 4.79 Å². The Balaban J connectivity index is 1.46. The number of amides is 1. The summed E-state index contributed by atoms with van der Waals surface area (Å²) in [5, 5.41) is 3.91. The fourth-order valence-electron chi connectivity index (χ4n) is 2.63. The number of hydrogen-bond donors (Lipinski definition) is 1. The highest BCUT2D eigenvalue weighted by atomic mass is 35.5. The van der Waals surface area contributed by atoms with E-state index >= 15 is 0 Å². The fourth-order valence-corrected chi connectivity index (χ4v) is 3.72. The minimum absolute atomic E-state index is 0.160. The van der Waals surface area contributed by atoms with Crippen molar-refractivity contribution in [1.82, 2.24) is 5.32 Å². The molecule has 0 fully saturated rings. The highest BCUT2D eigenvalue weighted by molar-refractivity contribution is 7.99. The van der Waals surface area contributed by atoms with E-state index in [2.05, 4.69) is 17.4 Å². The van der Waals surface area contributed by atoms with Crippen LogP contribution >= 0.6 is 23.4 Å². The lowest BCUT2D eigenvalue weighted by atomic mass is 10.1. The average Bonchev–Trinajstić information content (AvgIpc) is 2.67. The lowest BCUT2D eigenvalue weighted by molar-refractivity contribution is -0.123. The lowest BCUT2D eigenvalue weighted by Gasteiger charge is -2.10. The summed E-state index contributed by atoms with van der Waals surface area (Å²) >= 11 is 7.97. The minimum atomic E-state index is -0.440. The normalized spacial score (nSPS) is 10.8. The zero-order chi connectivity index (χ0) is 19.9. The van der Waals surface area contributed by atoms with Crippen LogP contribution in [-0.4, -0.2) is 24.8 Å². The van der Waals surface area contributed by atoms with Crippen molar-refractivity contribution < 1.29 is 13.9 Å². The Morgan fingerprint density at radius 1 is 1.21 bits per heavy atom. The molecule has 0 saturated carbocycles. The number of rotatable bonds is 8. The molecule has 0 spiro atoms. The molecule has 28 heavy (non-hydrogen) atoms. The molecule has 0 aliphatic heterocycles. The first-order valence-electron chi connectivity index (χ1n) is 8.84. The zero-order valence-electron chi connectivity index (χ0n) is 15.4. The Morgan fingerprint density at radius 3 is 2.79 bits per heavy atom. The van der Waals surface area contributed by atoms with E-state index in [4.69, 9.17) is 20.8 Å². The minimum Gasteiger partial charge on any atom is -0.482 e. The van der Waals surface area contributed by atoms with E-state index in [1.807, 2.05) is 18.2 Å². The summed E-state index contributed by atoms with van der Waals surface area (Å²) in [5.41, 5.74) is 0.706. The largest absolute Gasteiger partial charge is 0.482 e. The second kappa shape index (κ2) is 9.66. The molecule has 146 valence electrons. The molecule has 1 N–H and O–H groups in total. The van der Waals surface area contributed by atoms with Crippen LogP contribution in [0.5, 0.6) is 5.75 Å². The van der Waals surface area contributed by atoms with Crippen molar-refractivity contribution in [3.05, 3.63) is 69.5 Å². The van der Waals surface area contributed by atoms with Gasteiger partial charge in [0.1, 0.15) is 11.3 Å². The molecular weight excluding hydrogens is 398 g/mol. The summed E-state index contributed by atoms with van der Waals surface area (Å²) in [4.78, 5) is 24.7. The van der Waals surface area contributed by atoms with Gasteiger partial charge in [-0.05, 0) is 42.9 Å². The van der Waals surface area contributed by atoms with Gasteiger partial charge in [0, 0.05) is 29.0 Å². The first-order valence-corrected chi connectivity index (χ1v) is 10.2. The third kappa shape index (κ3) is 5.53. The molecule has 0 radical (unpaired) electrons. The highest BCUT2D eigenvalue weighted by Crippen LogP contribution is 2.30. The van der Waals surface area contributed by atoms with Crippen molar-refractivity contribution in [3.8, 4) is 5.75 Å². The van der Waals surface area contributed by atoms with Crippen molar-refractivity contribution in [1.29, 1.82) is 0 Å². The third-order valence-corrected chi connectivity index (χ3v) is 5.41. The number of benzene rings is 2. The third-order valence-electron chi connectivity index (χ3n) is 4.02. The van der Waals surface area contributed by atoms with E-state index in [1.165, 1.54) is 17.0 Å². The van der Waals surface area contributed by atoms with Crippen LogP contribution in [0, 0.1) is 6.92 Å². The Bertz CT molecular complexity index is 1020. The molecule has 0 bridgehead atoms. The first-order chi connectivity index (χ1) is 13.5. The summed E-state index contributed by atoms with van der Waals surface area (Å²) in [6.45, 7) is 2.22. The van der Waals surface area contributed by atoms with Gasteiger partial charge < -0.3 is 14.5 Å². The molecule has 0 aliphatic rings. The Hall–Kier alpha value is -2.44. The van der Waals surface area contributed by atoms with Gasteiger partial charge in [0.05, 0.1) is 5.02 Å². The quantitative estimate of drug-likeness (QED) is 0.333. The monoisotopic (exact) mass is 417 g/mol. The van der Waals surface area contributed by atoms with Gasteiger partial charge in [-0.15, -0.1) is 11.8 Å². The van der Waals surface area contributed by atoms with Crippen LogP contribution < -0.4 is 15.7 Å². The van der Waals surface area contributed by atoms with Gasteiger partial charge in [0.15, 0.2) is 6.61 Å². The van der Waals surface area contributed by atoms with Gasteiger partial charge in [-0.1, -0.05) is 29.8 Å². The van der Waals surface area contributed by atoms with E-state index in [-0.39, 0.29) is 12.5 Å². The van der Waals surface area contributed by atoms with E-state index in [0.29, 0.717) is 22.9 Å². The Kier molecular flexibility index (Phi) is 7.01. The van der Waals surface area contributed by atoms with Gasteiger partial charge in [0.25, 0.3) is 5.91 Å². The maximum Gasteiger partial charge on any atom is 0.336 e. The number of hydrogen-bond acceptors (Lipinski definition) is 5. The summed E-state index contributed by atoms with van der Waals surface area (Å²) in [7, 11) is 0. The molecule has 0 unspecified atom stereocenters. The number of carbonyl (C=O) groups is 1. The maximum atomic E-state index is 12.0. The van der Waals surface area contributed by atoms with E-state index in [9.17, 15) is 9.59 Å². The average molecular weight is 418 g/mol. The Labute approximate surface area is 172 Å². The number of thioether (sulfide) groups is 1. The fraction of sp³-hybridized carbons (Fsp3) is 0.238. The molecule has 1 amide bonds. The number of nitrogens with one attached hydrogen (secondary N) is 1. The molecule has 0 aliphatic carbocycles. The highest BCUT2D eigenvalue weighted by Gasteiger charge is 2.11. The number of aryl methyl sites for hydroxylation is 1. The smallest absolute Gasteiger partial charge is 0.336 e. The van der Waals surface area contributed by atoms with Crippen LogP contribution in [0.4, 0.5) is 0 Å². The van der Waals surface area contributed by atoms with Crippen LogP contribution in [0.15, 0.2) is 62.6 Å². The van der Waals surface area contributed by atoms with Crippen LogP contribution in [0.2, 0.25) is 5.02 Å². The summed E-state index contributed by atoms with van der Waals surface area (Å²) in [6, 6.07) is 14.7. The first kappa shape index (κ1) is 20.3. The van der Waals surface area contributed by atoms with Crippen molar-refractivity contribution >= 4 is 40.2 Å². The zero-order valence-corrected chi connectivity index (χ0v) is 16.9. The van der Waals surface area contributed by atoms with Gasteiger partial charge in [-0.3, -0.25) is 4.79 Å². The molecule has 0 atom stereocenters. The second-order valence-corrected chi connectivity index (χ2v) is 7.76. The van der Waals surface area contributed by atoms with Crippen molar-refractivity contribution in [2.24, 2.45) is 0 Å². The van der Waals surface area contributed by atoms with Gasteiger partial charge in [-0.2, -0.15) is 0 Å². The summed E-state index contributed by atoms with van der Waals surface area (Å²) in [6.07, 6.45) is 0.854. The van der Waals surface area contributed by atoms with Gasteiger partial charge in [0.2, 0.25) is 0 Å². The molecular formula is C21H20ClNO4S. The van der Waals surface area contributed by atoms with Crippen LogP contribution in [0.3, 0.4) is 0 Å². The number of fused-ring (bicyclic) bond motifs is 1. The standard InChI is InChI=1S/C21H20ClNO4S/c1-14-10-21(25)27-18-12-19(17(22)11-16(14)18)26-13-20(24)23-8-5-9-28-15-6-3-2-4-7-15/h2-4,6-7,10-12H,5,8-9,13H2,1H3,(H,23,24). The molecule has 3 aromatic rings. The molecule has 3 rings (SSSR count). The molecule has 2 aromatic carbocycles. The predicted molar refractivity (Wildman–Crippen MR) is 113 cm³/mol. The SMILES string of the molecule is Cc1cc(=O)oc2cc(OCC(=O)NCCCSc3ccccc3)c(Cl)cc12. The second-order valence-electron chi connectivity index (χ2n) is 6.18. The molecule has 0 saturated heterocycles. The van der Waals surface area contributed by atoms with E-state index < -0.39 is 5.63 Å². The summed E-state index contributed by atoms with van der Waals surface area (Å²) < 4.78 is 10.7. The molecule has 5 nitrogen and oxygen atoms in total. The lowest BCUT2D eigenvalue weighted by Crippen LogP contribution is -2.30. The number of halogens is 1. The number of ether oxygens (including phenoxy) is 1. The molecule has 1 aromatic heterocycles. The van der Waals surface area contributed by atoms with Crippen LogP contribution in [0.1, 0.15) is 12.0 Å². The number of carbonyl (C=O) groups excluding carboxylic acids is 1. The summed E-state index contributed by atoms with van der Waals surface area (Å²) in [5.74, 6) is 0.990. The molecule has 7 heteroatoms. The topological polar surface area (TPSA) is 68.5 Å². The van der Waals surface area contributed by atoms with E-state index in [0.717, 1.165) is 23.1 Å². The van der Waals surface area contributed by atoms with Crippen LogP contribution in [0.25, 0.3) is 11.0 Å². The van der Waals surface area contributed by atoms with Gasteiger partial charge in [-0.25, -0.2) is 4.79 Å². The van der Waals surface area contributed by atoms with E-state index in [1.54, 1.807) is 24.8 Å². The maximum absolute atomic E-state index is 12.0. The predicted octanol–water partition coefficient (Wildman–Crippen LogP) is 4.43. The Morgan fingerprint density at radius 2 is 2.00 bits per heavy atom. The van der Waals surface area contributed by atoms with Gasteiger partial charge >= 0.3 is 5.63 Å². The molecule has 1 heterocycles. The van der Waals surface area contributed by atoms with Crippen molar-refractivity contribution in [3.63, 3.8) is 0 Å². The van der Waals surface area contributed by atoms with Crippen molar-refractivity contribution in [2.75, 3.05) is 18.9 Å².